The lowest BCUT2D eigenvalue weighted by Crippen LogP contribution is -2.27. The van der Waals surface area contributed by atoms with Crippen molar-refractivity contribution in [1.82, 2.24) is 9.97 Å². The van der Waals surface area contributed by atoms with E-state index >= 15 is 0 Å². The Bertz CT molecular complexity index is 378. The van der Waals surface area contributed by atoms with Crippen LogP contribution in [0.4, 0.5) is 5.82 Å². The lowest BCUT2D eigenvalue weighted by atomic mass is 10.1. The van der Waals surface area contributed by atoms with E-state index in [1.54, 1.807) is 0 Å². The lowest BCUT2D eigenvalue weighted by molar-refractivity contribution is 0.0247. The van der Waals surface area contributed by atoms with Crippen molar-refractivity contribution in [2.45, 2.75) is 39.2 Å². The van der Waals surface area contributed by atoms with Gasteiger partial charge in [0.1, 0.15) is 12.1 Å². The average molecular weight is 251 g/mol. The molecule has 0 aliphatic carbocycles. The van der Waals surface area contributed by atoms with E-state index in [9.17, 15) is 0 Å². The van der Waals surface area contributed by atoms with Gasteiger partial charge in [-0.25, -0.2) is 9.97 Å². The highest BCUT2D eigenvalue weighted by Gasteiger charge is 2.15. The number of anilines is 1. The molecular weight excluding hydrogens is 230 g/mol. The van der Waals surface area contributed by atoms with E-state index in [2.05, 4.69) is 15.3 Å². The zero-order valence-electron chi connectivity index (χ0n) is 11.1. The van der Waals surface area contributed by atoms with Gasteiger partial charge in [0.15, 0.2) is 0 Å². The third-order valence-electron chi connectivity index (χ3n) is 3.09. The highest BCUT2D eigenvalue weighted by molar-refractivity contribution is 5.47. The maximum atomic E-state index is 5.68. The molecule has 1 aromatic heterocycles. The summed E-state index contributed by atoms with van der Waals surface area (Å²) in [4.78, 5) is 8.37. The van der Waals surface area contributed by atoms with Crippen molar-refractivity contribution in [3.8, 4) is 5.88 Å². The molecule has 1 fully saturated rings. The van der Waals surface area contributed by atoms with Gasteiger partial charge in [0.05, 0.1) is 18.3 Å². The monoisotopic (exact) mass is 251 g/mol. The van der Waals surface area contributed by atoms with E-state index in [4.69, 9.17) is 9.47 Å². The lowest BCUT2D eigenvalue weighted by Gasteiger charge is -2.23. The average Bonchev–Trinajstić information content (AvgIpc) is 2.41. The first-order valence-electron chi connectivity index (χ1n) is 6.61. The predicted molar refractivity (Wildman–Crippen MR) is 70.0 cm³/mol. The molecule has 1 aliphatic heterocycles. The van der Waals surface area contributed by atoms with Crippen molar-refractivity contribution in [2.24, 2.45) is 0 Å². The Morgan fingerprint density at radius 1 is 1.44 bits per heavy atom. The van der Waals surface area contributed by atoms with E-state index < -0.39 is 0 Å². The molecule has 0 amide bonds. The number of hydrogen-bond acceptors (Lipinski definition) is 5. The van der Waals surface area contributed by atoms with Crippen molar-refractivity contribution in [2.75, 3.05) is 25.1 Å². The van der Waals surface area contributed by atoms with Crippen molar-refractivity contribution in [3.05, 3.63) is 11.9 Å². The summed E-state index contributed by atoms with van der Waals surface area (Å²) in [5.41, 5.74) is 0.954. The van der Waals surface area contributed by atoms with Gasteiger partial charge in [0, 0.05) is 13.2 Å². The van der Waals surface area contributed by atoms with Crippen LogP contribution in [0.15, 0.2) is 6.33 Å². The van der Waals surface area contributed by atoms with Crippen molar-refractivity contribution in [3.63, 3.8) is 0 Å². The molecule has 100 valence electrons. The summed E-state index contributed by atoms with van der Waals surface area (Å²) in [5.74, 6) is 1.49. The standard InChI is InChI=1S/C13H21N3O2/c1-3-17-13-10(2)12(15-9-16-13)14-8-11-6-4-5-7-18-11/h9,11H,3-8H2,1-2H3,(H,14,15,16). The Balaban J connectivity index is 1.93. The van der Waals surface area contributed by atoms with Crippen molar-refractivity contribution < 1.29 is 9.47 Å². The third-order valence-corrected chi connectivity index (χ3v) is 3.09. The van der Waals surface area contributed by atoms with Crippen molar-refractivity contribution in [1.29, 1.82) is 0 Å². The Morgan fingerprint density at radius 3 is 3.06 bits per heavy atom. The fraction of sp³-hybridized carbons (Fsp3) is 0.692. The van der Waals surface area contributed by atoms with Crippen molar-refractivity contribution >= 4 is 5.82 Å². The molecule has 0 saturated carbocycles. The van der Waals surface area contributed by atoms with Gasteiger partial charge in [0.25, 0.3) is 0 Å². The molecule has 1 N–H and O–H groups in total. The van der Waals surface area contributed by atoms with Gasteiger partial charge in [0.2, 0.25) is 5.88 Å². The molecule has 2 rings (SSSR count). The molecule has 1 unspecified atom stereocenters. The van der Waals surface area contributed by atoms with Crippen LogP contribution in [-0.4, -0.2) is 35.8 Å². The van der Waals surface area contributed by atoms with Crippen LogP contribution >= 0.6 is 0 Å². The minimum absolute atomic E-state index is 0.295. The van der Waals surface area contributed by atoms with Gasteiger partial charge in [-0.2, -0.15) is 0 Å². The van der Waals surface area contributed by atoms with Gasteiger partial charge in [-0.05, 0) is 33.1 Å². The Kier molecular flexibility index (Phi) is 4.75. The molecule has 0 aromatic carbocycles. The van der Waals surface area contributed by atoms with Crippen LogP contribution in [0.25, 0.3) is 0 Å². The quantitative estimate of drug-likeness (QED) is 0.869. The smallest absolute Gasteiger partial charge is 0.221 e. The molecule has 1 atom stereocenters. The summed E-state index contributed by atoms with van der Waals surface area (Å²) in [7, 11) is 0. The van der Waals surface area contributed by atoms with Gasteiger partial charge in [-0.3, -0.25) is 0 Å². The van der Waals surface area contributed by atoms with Crippen LogP contribution in [0.5, 0.6) is 5.88 Å². The first-order valence-corrected chi connectivity index (χ1v) is 6.61. The summed E-state index contributed by atoms with van der Waals surface area (Å²) in [6.45, 7) is 6.20. The molecule has 1 aromatic rings. The van der Waals surface area contributed by atoms with Crippen LogP contribution in [0, 0.1) is 6.92 Å². The van der Waals surface area contributed by atoms with Gasteiger partial charge >= 0.3 is 0 Å². The molecule has 0 spiro atoms. The normalized spacial score (nSPS) is 19.6. The van der Waals surface area contributed by atoms with Crippen LogP contribution in [0.2, 0.25) is 0 Å². The summed E-state index contributed by atoms with van der Waals surface area (Å²) >= 11 is 0. The number of aromatic nitrogens is 2. The SMILES string of the molecule is CCOc1ncnc(NCC2CCCCO2)c1C. The third kappa shape index (κ3) is 3.32. The Labute approximate surface area is 108 Å². The van der Waals surface area contributed by atoms with Crippen LogP contribution in [0.1, 0.15) is 31.7 Å². The largest absolute Gasteiger partial charge is 0.478 e. The predicted octanol–water partition coefficient (Wildman–Crippen LogP) is 2.16. The second kappa shape index (κ2) is 6.54. The maximum absolute atomic E-state index is 5.68. The minimum atomic E-state index is 0.295. The first-order chi connectivity index (χ1) is 8.81. The first kappa shape index (κ1) is 13.1. The minimum Gasteiger partial charge on any atom is -0.478 e. The van der Waals surface area contributed by atoms with E-state index in [0.717, 1.165) is 31.0 Å². The molecule has 2 heterocycles. The second-order valence-electron chi connectivity index (χ2n) is 4.45. The summed E-state index contributed by atoms with van der Waals surface area (Å²) in [6.07, 6.45) is 5.37. The van der Waals surface area contributed by atoms with Gasteiger partial charge < -0.3 is 14.8 Å². The number of rotatable bonds is 5. The van der Waals surface area contributed by atoms with E-state index in [0.29, 0.717) is 18.6 Å². The number of ether oxygens (including phenoxy) is 2. The van der Waals surface area contributed by atoms with E-state index in [1.165, 1.54) is 19.2 Å². The van der Waals surface area contributed by atoms with Crippen LogP contribution in [-0.2, 0) is 4.74 Å². The molecule has 5 nitrogen and oxygen atoms in total. The molecule has 18 heavy (non-hydrogen) atoms. The Morgan fingerprint density at radius 2 is 2.33 bits per heavy atom. The fourth-order valence-corrected chi connectivity index (χ4v) is 2.07. The molecule has 1 saturated heterocycles. The molecular formula is C13H21N3O2. The zero-order chi connectivity index (χ0) is 12.8. The molecule has 1 aliphatic rings. The van der Waals surface area contributed by atoms with E-state index in [-0.39, 0.29) is 0 Å². The number of nitrogens with one attached hydrogen (secondary N) is 1. The van der Waals surface area contributed by atoms with Gasteiger partial charge in [-0.15, -0.1) is 0 Å². The molecule has 0 radical (unpaired) electrons. The number of nitrogens with zero attached hydrogens (tertiary/aromatic N) is 2. The number of hydrogen-bond donors (Lipinski definition) is 1. The van der Waals surface area contributed by atoms with Crippen LogP contribution in [0.3, 0.4) is 0 Å². The highest BCUT2D eigenvalue weighted by Crippen LogP contribution is 2.21. The summed E-state index contributed by atoms with van der Waals surface area (Å²) < 4.78 is 11.1. The topological polar surface area (TPSA) is 56.3 Å². The zero-order valence-corrected chi connectivity index (χ0v) is 11.1. The maximum Gasteiger partial charge on any atom is 0.221 e. The molecule has 5 heteroatoms. The summed E-state index contributed by atoms with van der Waals surface area (Å²) in [5, 5.41) is 3.33. The fourth-order valence-electron chi connectivity index (χ4n) is 2.07. The Hall–Kier alpha value is -1.36. The van der Waals surface area contributed by atoms with Crippen LogP contribution < -0.4 is 10.1 Å². The van der Waals surface area contributed by atoms with E-state index in [1.807, 2.05) is 13.8 Å². The summed E-state index contributed by atoms with van der Waals surface area (Å²) in [6, 6.07) is 0. The highest BCUT2D eigenvalue weighted by atomic mass is 16.5. The molecule has 0 bridgehead atoms. The van der Waals surface area contributed by atoms with Gasteiger partial charge in [-0.1, -0.05) is 0 Å². The second-order valence-corrected chi connectivity index (χ2v) is 4.45.